The van der Waals surface area contributed by atoms with Gasteiger partial charge >= 0.3 is 0 Å². The third-order valence-electron chi connectivity index (χ3n) is 2.23. The molecule has 0 radical (unpaired) electrons. The first-order valence-corrected chi connectivity index (χ1v) is 4.73. The van der Waals surface area contributed by atoms with Crippen molar-refractivity contribution in [3.05, 3.63) is 34.7 Å². The van der Waals surface area contributed by atoms with Gasteiger partial charge in [0.25, 0.3) is 0 Å². The number of H-pyrrole nitrogens is 1. The number of nitrogens with two attached hydrogens (primary N) is 1. The standard InChI is InChI=1S/C10H9ClFN3/c1-5-2-3-6(8(11)9(5)12)7-4-14-15-10(7)13/h2-4H,1H3,(H3,13,14,15). The van der Waals surface area contributed by atoms with Crippen LogP contribution in [0.4, 0.5) is 10.2 Å². The molecule has 0 fully saturated rings. The predicted molar refractivity (Wildman–Crippen MR) is 58.1 cm³/mol. The molecule has 1 heterocycles. The van der Waals surface area contributed by atoms with Crippen LogP contribution in [0.5, 0.6) is 0 Å². The number of benzene rings is 1. The summed E-state index contributed by atoms with van der Waals surface area (Å²) < 4.78 is 13.5. The van der Waals surface area contributed by atoms with Gasteiger partial charge in [-0.25, -0.2) is 4.39 Å². The zero-order chi connectivity index (χ0) is 11.0. The maximum atomic E-state index is 13.5. The molecular formula is C10H9ClFN3. The summed E-state index contributed by atoms with van der Waals surface area (Å²) in [5.74, 6) is -0.0464. The number of nitrogens with zero attached hydrogens (tertiary/aromatic N) is 1. The Labute approximate surface area is 91.1 Å². The number of nitrogens with one attached hydrogen (secondary N) is 1. The predicted octanol–water partition coefficient (Wildman–Crippen LogP) is 2.76. The maximum Gasteiger partial charge on any atom is 0.145 e. The van der Waals surface area contributed by atoms with E-state index in [1.165, 1.54) is 6.20 Å². The summed E-state index contributed by atoms with van der Waals surface area (Å²) >= 11 is 5.89. The van der Waals surface area contributed by atoms with Gasteiger partial charge in [-0.1, -0.05) is 23.7 Å². The highest BCUT2D eigenvalue weighted by molar-refractivity contribution is 6.33. The largest absolute Gasteiger partial charge is 0.384 e. The minimum absolute atomic E-state index is 0.0723. The van der Waals surface area contributed by atoms with Gasteiger partial charge in [0.2, 0.25) is 0 Å². The third-order valence-corrected chi connectivity index (χ3v) is 2.60. The van der Waals surface area contributed by atoms with Crippen molar-refractivity contribution in [1.82, 2.24) is 10.2 Å². The van der Waals surface area contributed by atoms with Crippen LogP contribution in [0.3, 0.4) is 0 Å². The van der Waals surface area contributed by atoms with Gasteiger partial charge in [0.15, 0.2) is 0 Å². The van der Waals surface area contributed by atoms with Gasteiger partial charge in [0, 0.05) is 11.1 Å². The monoisotopic (exact) mass is 225 g/mol. The molecule has 1 aromatic carbocycles. The van der Waals surface area contributed by atoms with E-state index in [-0.39, 0.29) is 5.02 Å². The van der Waals surface area contributed by atoms with Crippen molar-refractivity contribution >= 4 is 17.4 Å². The van der Waals surface area contributed by atoms with Crippen molar-refractivity contribution in [2.75, 3.05) is 5.73 Å². The molecule has 0 aliphatic carbocycles. The van der Waals surface area contributed by atoms with E-state index in [1.807, 2.05) is 0 Å². The Hall–Kier alpha value is -1.55. The van der Waals surface area contributed by atoms with Crippen LogP contribution in [0.1, 0.15) is 5.56 Å². The Morgan fingerprint density at radius 3 is 2.73 bits per heavy atom. The molecular weight excluding hydrogens is 217 g/mol. The van der Waals surface area contributed by atoms with E-state index in [4.69, 9.17) is 17.3 Å². The molecule has 0 unspecified atom stereocenters. The van der Waals surface area contributed by atoms with Crippen molar-refractivity contribution in [2.24, 2.45) is 0 Å². The van der Waals surface area contributed by atoms with Crippen molar-refractivity contribution in [3.63, 3.8) is 0 Å². The second kappa shape index (κ2) is 3.55. The fourth-order valence-electron chi connectivity index (χ4n) is 1.36. The minimum Gasteiger partial charge on any atom is -0.384 e. The lowest BCUT2D eigenvalue weighted by Gasteiger charge is -2.05. The van der Waals surface area contributed by atoms with E-state index in [0.717, 1.165) is 0 Å². The van der Waals surface area contributed by atoms with E-state index in [2.05, 4.69) is 10.2 Å². The zero-order valence-electron chi connectivity index (χ0n) is 8.01. The van der Waals surface area contributed by atoms with E-state index < -0.39 is 5.82 Å². The van der Waals surface area contributed by atoms with Gasteiger partial charge in [0.1, 0.15) is 11.6 Å². The van der Waals surface area contributed by atoms with Crippen LogP contribution in [0, 0.1) is 12.7 Å². The lowest BCUT2D eigenvalue weighted by Crippen LogP contribution is -1.91. The summed E-state index contributed by atoms with van der Waals surface area (Å²) in [6.45, 7) is 1.66. The Bertz CT molecular complexity index is 507. The Morgan fingerprint density at radius 2 is 2.13 bits per heavy atom. The number of aryl methyl sites for hydroxylation is 1. The molecule has 1 aromatic heterocycles. The molecule has 0 aliphatic heterocycles. The van der Waals surface area contributed by atoms with E-state index in [9.17, 15) is 4.39 Å². The van der Waals surface area contributed by atoms with Gasteiger partial charge in [-0.3, -0.25) is 5.10 Å². The zero-order valence-corrected chi connectivity index (χ0v) is 8.77. The number of nitrogen functional groups attached to an aromatic ring is 1. The first kappa shape index (κ1) is 9.98. The summed E-state index contributed by atoms with van der Waals surface area (Å²) in [6, 6.07) is 3.38. The number of aromatic nitrogens is 2. The first-order valence-electron chi connectivity index (χ1n) is 4.35. The normalized spacial score (nSPS) is 10.6. The van der Waals surface area contributed by atoms with Crippen molar-refractivity contribution in [2.45, 2.75) is 6.92 Å². The van der Waals surface area contributed by atoms with Crippen LogP contribution in [0.15, 0.2) is 18.3 Å². The van der Waals surface area contributed by atoms with E-state index >= 15 is 0 Å². The van der Waals surface area contributed by atoms with E-state index in [1.54, 1.807) is 19.1 Å². The van der Waals surface area contributed by atoms with Crippen LogP contribution < -0.4 is 5.73 Å². The van der Waals surface area contributed by atoms with Crippen LogP contribution >= 0.6 is 11.6 Å². The minimum atomic E-state index is -0.422. The lowest BCUT2D eigenvalue weighted by atomic mass is 10.1. The first-order chi connectivity index (χ1) is 7.11. The van der Waals surface area contributed by atoms with Gasteiger partial charge in [-0.05, 0) is 12.5 Å². The van der Waals surface area contributed by atoms with Crippen LogP contribution in [0.2, 0.25) is 5.02 Å². The highest BCUT2D eigenvalue weighted by atomic mass is 35.5. The van der Waals surface area contributed by atoms with Crippen molar-refractivity contribution in [3.8, 4) is 11.1 Å². The molecule has 0 amide bonds. The highest BCUT2D eigenvalue weighted by Gasteiger charge is 2.13. The molecule has 78 valence electrons. The number of hydrogen-bond donors (Lipinski definition) is 2. The number of rotatable bonds is 1. The number of halogens is 2. The quantitative estimate of drug-likeness (QED) is 0.784. The van der Waals surface area contributed by atoms with Crippen LogP contribution in [-0.2, 0) is 0 Å². The maximum absolute atomic E-state index is 13.5. The summed E-state index contributed by atoms with van der Waals surface area (Å²) in [5.41, 5.74) is 7.29. The molecule has 0 spiro atoms. The summed E-state index contributed by atoms with van der Waals surface area (Å²) in [5, 5.41) is 6.41. The molecule has 3 N–H and O–H groups in total. The Morgan fingerprint density at radius 1 is 1.40 bits per heavy atom. The summed E-state index contributed by atoms with van der Waals surface area (Å²) in [4.78, 5) is 0. The van der Waals surface area contributed by atoms with Crippen LogP contribution in [-0.4, -0.2) is 10.2 Å². The highest BCUT2D eigenvalue weighted by Crippen LogP contribution is 2.33. The fourth-order valence-corrected chi connectivity index (χ4v) is 1.68. The SMILES string of the molecule is Cc1ccc(-c2cn[nH]c2N)c(Cl)c1F. The number of aromatic amines is 1. The third kappa shape index (κ3) is 1.57. The molecule has 0 saturated heterocycles. The Kier molecular flexibility index (Phi) is 2.36. The molecule has 3 nitrogen and oxygen atoms in total. The second-order valence-corrected chi connectivity index (χ2v) is 3.63. The van der Waals surface area contributed by atoms with Crippen molar-refractivity contribution < 1.29 is 4.39 Å². The topological polar surface area (TPSA) is 54.7 Å². The van der Waals surface area contributed by atoms with Crippen molar-refractivity contribution in [1.29, 1.82) is 0 Å². The fraction of sp³-hybridized carbons (Fsp3) is 0.100. The molecule has 0 bridgehead atoms. The molecule has 2 aromatic rings. The van der Waals surface area contributed by atoms with E-state index in [0.29, 0.717) is 22.5 Å². The Balaban J connectivity index is 2.65. The molecule has 5 heteroatoms. The molecule has 0 aliphatic rings. The average Bonchev–Trinajstić information content (AvgIpc) is 2.62. The lowest BCUT2D eigenvalue weighted by molar-refractivity contribution is 0.619. The summed E-state index contributed by atoms with van der Waals surface area (Å²) in [7, 11) is 0. The summed E-state index contributed by atoms with van der Waals surface area (Å²) in [6.07, 6.45) is 1.52. The van der Waals surface area contributed by atoms with Gasteiger partial charge in [0.05, 0.1) is 11.2 Å². The number of anilines is 1. The molecule has 0 saturated carbocycles. The second-order valence-electron chi connectivity index (χ2n) is 3.26. The van der Waals surface area contributed by atoms with Gasteiger partial charge in [-0.2, -0.15) is 5.10 Å². The smallest absolute Gasteiger partial charge is 0.145 e. The van der Waals surface area contributed by atoms with Gasteiger partial charge < -0.3 is 5.73 Å². The molecule has 0 atom stereocenters. The molecule has 15 heavy (non-hydrogen) atoms. The molecule has 2 rings (SSSR count). The van der Waals surface area contributed by atoms with Gasteiger partial charge in [-0.15, -0.1) is 0 Å². The van der Waals surface area contributed by atoms with Crippen LogP contribution in [0.25, 0.3) is 11.1 Å². The number of hydrogen-bond acceptors (Lipinski definition) is 2. The average molecular weight is 226 g/mol.